The number of hydrogen-bond donors (Lipinski definition) is 3. The summed E-state index contributed by atoms with van der Waals surface area (Å²) in [5.74, 6) is 0.384. The molecule has 0 spiro atoms. The summed E-state index contributed by atoms with van der Waals surface area (Å²) in [7, 11) is -1.99. The average Bonchev–Trinajstić information content (AvgIpc) is 2.95. The molecule has 0 saturated heterocycles. The van der Waals surface area contributed by atoms with Gasteiger partial charge in [-0.25, -0.2) is 18.1 Å². The number of aromatic amines is 1. The zero-order chi connectivity index (χ0) is 13.2. The number of nitrogens with two attached hydrogens (primary N) is 1. The van der Waals surface area contributed by atoms with Gasteiger partial charge in [0.15, 0.2) is 10.9 Å². The fraction of sp³-hybridized carbons (Fsp3) is 0.375. The van der Waals surface area contributed by atoms with Crippen molar-refractivity contribution in [3.8, 4) is 0 Å². The maximum absolute atomic E-state index is 12.0. The molecule has 98 valence electrons. The van der Waals surface area contributed by atoms with Crippen LogP contribution in [0.2, 0.25) is 0 Å². The standard InChI is InChI=1S/C8H13N7O2S/c1-15-5-10-7(14-15)4-12-18(16,17)8-6(2-9)3-11-13-8/h3,5,12H,2,4,9H2,1H3,(H,11,13). The highest BCUT2D eigenvalue weighted by molar-refractivity contribution is 7.89. The normalized spacial score (nSPS) is 11.9. The topological polar surface area (TPSA) is 132 Å². The number of aryl methyl sites for hydroxylation is 1. The molecule has 0 radical (unpaired) electrons. The summed E-state index contributed by atoms with van der Waals surface area (Å²) in [5, 5.41) is 10.0. The lowest BCUT2D eigenvalue weighted by atomic mass is 10.4. The van der Waals surface area contributed by atoms with Gasteiger partial charge in [-0.3, -0.25) is 9.78 Å². The molecule has 2 aromatic heterocycles. The quantitative estimate of drug-likeness (QED) is 0.605. The minimum Gasteiger partial charge on any atom is -0.326 e. The molecule has 2 aromatic rings. The van der Waals surface area contributed by atoms with Crippen LogP contribution in [0.3, 0.4) is 0 Å². The number of nitrogens with zero attached hydrogens (tertiary/aromatic N) is 4. The first-order valence-corrected chi connectivity index (χ1v) is 6.57. The zero-order valence-electron chi connectivity index (χ0n) is 9.66. The highest BCUT2D eigenvalue weighted by atomic mass is 32.2. The molecule has 0 atom stereocenters. The van der Waals surface area contributed by atoms with Gasteiger partial charge in [-0.15, -0.1) is 0 Å². The van der Waals surface area contributed by atoms with Crippen molar-refractivity contribution in [1.29, 1.82) is 0 Å². The third-order valence-corrected chi connectivity index (χ3v) is 3.65. The molecule has 0 amide bonds. The Balaban J connectivity index is 2.13. The molecule has 2 heterocycles. The lowest BCUT2D eigenvalue weighted by Crippen LogP contribution is -2.25. The fourth-order valence-electron chi connectivity index (χ4n) is 1.37. The first kappa shape index (κ1) is 12.7. The van der Waals surface area contributed by atoms with Crippen LogP contribution in [0.5, 0.6) is 0 Å². The molecule has 18 heavy (non-hydrogen) atoms. The van der Waals surface area contributed by atoms with Crippen molar-refractivity contribution in [3.05, 3.63) is 23.9 Å². The second kappa shape index (κ2) is 4.84. The Morgan fingerprint density at radius 3 is 2.94 bits per heavy atom. The van der Waals surface area contributed by atoms with E-state index in [9.17, 15) is 8.42 Å². The van der Waals surface area contributed by atoms with Gasteiger partial charge in [-0.1, -0.05) is 0 Å². The molecule has 0 bridgehead atoms. The van der Waals surface area contributed by atoms with Crippen molar-refractivity contribution in [2.75, 3.05) is 0 Å². The van der Waals surface area contributed by atoms with Gasteiger partial charge in [0.25, 0.3) is 10.0 Å². The first-order chi connectivity index (χ1) is 8.53. The average molecular weight is 271 g/mol. The summed E-state index contributed by atoms with van der Waals surface area (Å²) in [6.07, 6.45) is 2.87. The summed E-state index contributed by atoms with van der Waals surface area (Å²) < 4.78 is 27.8. The Kier molecular flexibility index (Phi) is 3.41. The van der Waals surface area contributed by atoms with Crippen LogP contribution < -0.4 is 10.5 Å². The van der Waals surface area contributed by atoms with E-state index in [-0.39, 0.29) is 18.1 Å². The SMILES string of the molecule is Cn1cnc(CNS(=O)(=O)c2[nH]ncc2CN)n1. The van der Waals surface area contributed by atoms with Crippen LogP contribution in [0.1, 0.15) is 11.4 Å². The summed E-state index contributed by atoms with van der Waals surface area (Å²) in [6, 6.07) is 0. The molecule has 0 aliphatic carbocycles. The molecule has 9 nitrogen and oxygen atoms in total. The number of H-pyrrole nitrogens is 1. The lowest BCUT2D eigenvalue weighted by molar-refractivity contribution is 0.573. The van der Waals surface area contributed by atoms with Gasteiger partial charge in [0.05, 0.1) is 12.7 Å². The summed E-state index contributed by atoms with van der Waals surface area (Å²) in [6.45, 7) is 0.0980. The van der Waals surface area contributed by atoms with Crippen LogP contribution in [0.15, 0.2) is 17.6 Å². The van der Waals surface area contributed by atoms with Crippen LogP contribution in [-0.4, -0.2) is 33.4 Å². The molecule has 10 heteroatoms. The number of nitrogens with one attached hydrogen (secondary N) is 2. The van der Waals surface area contributed by atoms with E-state index in [0.717, 1.165) is 0 Å². The zero-order valence-corrected chi connectivity index (χ0v) is 10.5. The van der Waals surface area contributed by atoms with Gasteiger partial charge < -0.3 is 5.73 Å². The Hall–Kier alpha value is -1.78. The molecule has 2 rings (SSSR count). The predicted octanol–water partition coefficient (Wildman–Crippen LogP) is -1.52. The predicted molar refractivity (Wildman–Crippen MR) is 61.5 cm³/mol. The molecule has 0 aliphatic rings. The van der Waals surface area contributed by atoms with E-state index >= 15 is 0 Å². The molecule has 0 unspecified atom stereocenters. The van der Waals surface area contributed by atoms with E-state index in [1.807, 2.05) is 0 Å². The second-order valence-electron chi connectivity index (χ2n) is 3.59. The Bertz CT molecular complexity index is 629. The number of sulfonamides is 1. The molecule has 0 saturated carbocycles. The van der Waals surface area contributed by atoms with Crippen molar-refractivity contribution in [2.24, 2.45) is 12.8 Å². The van der Waals surface area contributed by atoms with Crippen LogP contribution >= 0.6 is 0 Å². The van der Waals surface area contributed by atoms with E-state index < -0.39 is 10.0 Å². The Morgan fingerprint density at radius 1 is 1.56 bits per heavy atom. The highest BCUT2D eigenvalue weighted by Gasteiger charge is 2.20. The molecule has 0 fully saturated rings. The monoisotopic (exact) mass is 271 g/mol. The third-order valence-electron chi connectivity index (χ3n) is 2.23. The molecular weight excluding hydrogens is 258 g/mol. The molecule has 0 aromatic carbocycles. The van der Waals surface area contributed by atoms with Crippen molar-refractivity contribution in [3.63, 3.8) is 0 Å². The van der Waals surface area contributed by atoms with E-state index in [4.69, 9.17) is 5.73 Å². The van der Waals surface area contributed by atoms with Crippen LogP contribution in [0, 0.1) is 0 Å². The van der Waals surface area contributed by atoms with E-state index in [2.05, 4.69) is 25.0 Å². The van der Waals surface area contributed by atoms with Crippen LogP contribution in [-0.2, 0) is 30.2 Å². The van der Waals surface area contributed by atoms with Gasteiger partial charge in [0.2, 0.25) is 0 Å². The van der Waals surface area contributed by atoms with E-state index in [1.54, 1.807) is 7.05 Å². The van der Waals surface area contributed by atoms with Gasteiger partial charge >= 0.3 is 0 Å². The summed E-state index contributed by atoms with van der Waals surface area (Å²) >= 11 is 0. The van der Waals surface area contributed by atoms with Crippen molar-refractivity contribution < 1.29 is 8.42 Å². The van der Waals surface area contributed by atoms with Crippen LogP contribution in [0.4, 0.5) is 0 Å². The van der Waals surface area contributed by atoms with Crippen molar-refractivity contribution in [1.82, 2.24) is 29.7 Å². The molecule has 4 N–H and O–H groups in total. The maximum atomic E-state index is 12.0. The maximum Gasteiger partial charge on any atom is 0.258 e. The number of hydrogen-bond acceptors (Lipinski definition) is 6. The number of aromatic nitrogens is 5. The van der Waals surface area contributed by atoms with Gasteiger partial charge in [-0.2, -0.15) is 10.2 Å². The van der Waals surface area contributed by atoms with E-state index in [1.165, 1.54) is 17.2 Å². The third kappa shape index (κ3) is 2.55. The lowest BCUT2D eigenvalue weighted by Gasteiger charge is -2.04. The Morgan fingerprint density at radius 2 is 2.33 bits per heavy atom. The van der Waals surface area contributed by atoms with Gasteiger partial charge in [0, 0.05) is 19.2 Å². The molecular formula is C8H13N7O2S. The minimum atomic E-state index is -3.69. The summed E-state index contributed by atoms with van der Waals surface area (Å²) in [4.78, 5) is 3.92. The fourth-order valence-corrected chi connectivity index (χ4v) is 2.49. The Labute approximate surface area is 103 Å². The number of rotatable bonds is 5. The van der Waals surface area contributed by atoms with Gasteiger partial charge in [0.1, 0.15) is 6.33 Å². The van der Waals surface area contributed by atoms with Crippen molar-refractivity contribution >= 4 is 10.0 Å². The smallest absolute Gasteiger partial charge is 0.258 e. The largest absolute Gasteiger partial charge is 0.326 e. The summed E-state index contributed by atoms with van der Waals surface area (Å²) in [5.41, 5.74) is 5.85. The van der Waals surface area contributed by atoms with E-state index in [0.29, 0.717) is 11.4 Å². The van der Waals surface area contributed by atoms with Crippen molar-refractivity contribution in [2.45, 2.75) is 18.1 Å². The highest BCUT2D eigenvalue weighted by Crippen LogP contribution is 2.10. The molecule has 0 aliphatic heterocycles. The second-order valence-corrected chi connectivity index (χ2v) is 5.29. The van der Waals surface area contributed by atoms with Gasteiger partial charge in [-0.05, 0) is 0 Å². The van der Waals surface area contributed by atoms with Crippen LogP contribution in [0.25, 0.3) is 0 Å². The minimum absolute atomic E-state index is 0.00616. The first-order valence-electron chi connectivity index (χ1n) is 5.09.